The number of aromatic nitrogens is 3. The molecule has 5 nitrogen and oxygen atoms in total. The van der Waals surface area contributed by atoms with Gasteiger partial charge in [0, 0.05) is 16.3 Å². The van der Waals surface area contributed by atoms with Gasteiger partial charge >= 0.3 is 0 Å². The Bertz CT molecular complexity index is 737. The smallest absolute Gasteiger partial charge is 0.258 e. The van der Waals surface area contributed by atoms with Crippen LogP contribution < -0.4 is 5.73 Å². The summed E-state index contributed by atoms with van der Waals surface area (Å²) in [6.07, 6.45) is 1.09. The largest absolute Gasteiger partial charge is 0.399 e. The van der Waals surface area contributed by atoms with E-state index in [1.807, 2.05) is 0 Å². The van der Waals surface area contributed by atoms with Crippen molar-refractivity contribution in [1.29, 1.82) is 0 Å². The van der Waals surface area contributed by atoms with Crippen LogP contribution in [0.3, 0.4) is 0 Å². The lowest BCUT2D eigenvalue weighted by atomic mass is 10.2. The molecule has 2 heterocycles. The van der Waals surface area contributed by atoms with Gasteiger partial charge in [-0.1, -0.05) is 16.8 Å². The number of nitrogens with zero attached hydrogens (tertiary/aromatic N) is 3. The Labute approximate surface area is 118 Å². The average Bonchev–Trinajstić information content (AvgIpc) is 2.88. The molecular weight excluding hydrogens is 283 g/mol. The van der Waals surface area contributed by atoms with Gasteiger partial charge in [-0.15, -0.1) is 0 Å². The summed E-state index contributed by atoms with van der Waals surface area (Å²) < 4.78 is 17.9. The molecule has 0 radical (unpaired) electrons. The van der Waals surface area contributed by atoms with E-state index in [4.69, 9.17) is 21.9 Å². The fourth-order valence-electron chi connectivity index (χ4n) is 1.69. The number of pyridine rings is 1. The van der Waals surface area contributed by atoms with Crippen molar-refractivity contribution in [1.82, 2.24) is 15.1 Å². The second kappa shape index (κ2) is 4.90. The van der Waals surface area contributed by atoms with E-state index in [-0.39, 0.29) is 11.7 Å². The van der Waals surface area contributed by atoms with Gasteiger partial charge in [0.2, 0.25) is 5.82 Å². The van der Waals surface area contributed by atoms with Crippen molar-refractivity contribution in [3.05, 3.63) is 47.4 Å². The Hall–Kier alpha value is -2.47. The lowest BCUT2D eigenvalue weighted by Gasteiger charge is -1.98. The van der Waals surface area contributed by atoms with Crippen molar-refractivity contribution >= 4 is 17.3 Å². The van der Waals surface area contributed by atoms with Crippen LogP contribution in [0.1, 0.15) is 0 Å². The van der Waals surface area contributed by atoms with Crippen molar-refractivity contribution in [2.45, 2.75) is 0 Å². The Kier molecular flexibility index (Phi) is 3.08. The molecule has 0 spiro atoms. The average molecular weight is 291 g/mol. The zero-order valence-corrected chi connectivity index (χ0v) is 10.8. The van der Waals surface area contributed by atoms with Crippen LogP contribution in [0, 0.1) is 5.82 Å². The van der Waals surface area contributed by atoms with Crippen molar-refractivity contribution in [2.24, 2.45) is 0 Å². The van der Waals surface area contributed by atoms with Crippen molar-refractivity contribution in [3.63, 3.8) is 0 Å². The first-order valence-corrected chi connectivity index (χ1v) is 6.02. The van der Waals surface area contributed by atoms with Crippen LogP contribution in [-0.4, -0.2) is 15.1 Å². The molecule has 0 fully saturated rings. The molecule has 0 bridgehead atoms. The molecule has 2 aromatic heterocycles. The maximum atomic E-state index is 12.8. The van der Waals surface area contributed by atoms with E-state index in [1.165, 1.54) is 12.1 Å². The van der Waals surface area contributed by atoms with E-state index >= 15 is 0 Å². The second-order valence-corrected chi connectivity index (χ2v) is 4.49. The highest BCUT2D eigenvalue weighted by atomic mass is 35.5. The molecule has 0 aliphatic carbocycles. The van der Waals surface area contributed by atoms with Gasteiger partial charge in [-0.25, -0.2) is 9.37 Å². The van der Waals surface area contributed by atoms with Gasteiger partial charge < -0.3 is 10.3 Å². The normalized spacial score (nSPS) is 10.7. The highest BCUT2D eigenvalue weighted by molar-refractivity contribution is 6.31. The van der Waals surface area contributed by atoms with Crippen molar-refractivity contribution in [3.8, 4) is 23.0 Å². The van der Waals surface area contributed by atoms with Crippen molar-refractivity contribution < 1.29 is 8.91 Å². The van der Waals surface area contributed by atoms with Crippen LogP contribution in [0.5, 0.6) is 0 Å². The molecule has 100 valence electrons. The first-order chi connectivity index (χ1) is 9.61. The fourth-order valence-corrected chi connectivity index (χ4v) is 1.93. The summed E-state index contributed by atoms with van der Waals surface area (Å²) >= 11 is 5.92. The zero-order valence-electron chi connectivity index (χ0n) is 10.0. The van der Waals surface area contributed by atoms with Gasteiger partial charge in [0.25, 0.3) is 5.89 Å². The number of hydrogen-bond donors (Lipinski definition) is 1. The molecule has 0 aliphatic rings. The topological polar surface area (TPSA) is 77.8 Å². The number of anilines is 1. The lowest BCUT2D eigenvalue weighted by Crippen LogP contribution is -1.88. The third-order valence-corrected chi connectivity index (χ3v) is 2.77. The number of halogens is 2. The summed E-state index contributed by atoms with van der Waals surface area (Å²) in [5.74, 6) is 0.0963. The quantitative estimate of drug-likeness (QED) is 0.733. The van der Waals surface area contributed by atoms with E-state index in [2.05, 4.69) is 15.1 Å². The predicted molar refractivity (Wildman–Crippen MR) is 72.3 cm³/mol. The summed E-state index contributed by atoms with van der Waals surface area (Å²) in [6, 6.07) is 7.68. The van der Waals surface area contributed by atoms with Crippen LogP contribution in [0.4, 0.5) is 10.1 Å². The fraction of sp³-hybridized carbons (Fsp3) is 0. The minimum atomic E-state index is -0.430. The summed E-state index contributed by atoms with van der Waals surface area (Å²) in [5.41, 5.74) is 7.22. The molecule has 7 heteroatoms. The SMILES string of the molecule is Nc1cc(Cl)cc(-c2nc(-c3ccc(F)cn3)no2)c1. The van der Waals surface area contributed by atoms with Crippen LogP contribution in [0.2, 0.25) is 5.02 Å². The molecule has 0 amide bonds. The summed E-state index contributed by atoms with van der Waals surface area (Å²) in [5, 5.41) is 4.27. The molecule has 3 aromatic rings. The summed E-state index contributed by atoms with van der Waals surface area (Å²) in [6.45, 7) is 0. The van der Waals surface area contributed by atoms with Crippen LogP contribution in [0.25, 0.3) is 23.0 Å². The molecule has 3 rings (SSSR count). The monoisotopic (exact) mass is 290 g/mol. The first-order valence-electron chi connectivity index (χ1n) is 5.64. The second-order valence-electron chi connectivity index (χ2n) is 4.06. The molecule has 0 unspecified atom stereocenters. The summed E-state index contributed by atoms with van der Waals surface area (Å²) in [4.78, 5) is 8.07. The molecule has 0 aliphatic heterocycles. The third-order valence-electron chi connectivity index (χ3n) is 2.55. The van der Waals surface area contributed by atoms with Gasteiger partial charge in [0.1, 0.15) is 11.5 Å². The molecule has 1 aromatic carbocycles. The van der Waals surface area contributed by atoms with E-state index in [0.717, 1.165) is 6.20 Å². The Morgan fingerprint density at radius 1 is 1.20 bits per heavy atom. The van der Waals surface area contributed by atoms with Gasteiger partial charge in [-0.3, -0.25) is 0 Å². The minimum Gasteiger partial charge on any atom is -0.399 e. The van der Waals surface area contributed by atoms with Gasteiger partial charge in [0.15, 0.2) is 0 Å². The van der Waals surface area contributed by atoms with Crippen LogP contribution in [0.15, 0.2) is 41.1 Å². The first kappa shape index (κ1) is 12.6. The van der Waals surface area contributed by atoms with E-state index in [1.54, 1.807) is 18.2 Å². The number of nitrogens with two attached hydrogens (primary N) is 1. The molecule has 0 saturated carbocycles. The van der Waals surface area contributed by atoms with Gasteiger partial charge in [0.05, 0.1) is 6.20 Å². The maximum Gasteiger partial charge on any atom is 0.258 e. The number of rotatable bonds is 2. The summed E-state index contributed by atoms with van der Waals surface area (Å²) in [7, 11) is 0. The maximum absolute atomic E-state index is 12.8. The van der Waals surface area contributed by atoms with E-state index < -0.39 is 5.82 Å². The Balaban J connectivity index is 1.99. The molecule has 20 heavy (non-hydrogen) atoms. The zero-order chi connectivity index (χ0) is 14.1. The number of hydrogen-bond acceptors (Lipinski definition) is 5. The van der Waals surface area contributed by atoms with Crippen LogP contribution >= 0.6 is 11.6 Å². The lowest BCUT2D eigenvalue weighted by molar-refractivity contribution is 0.432. The highest BCUT2D eigenvalue weighted by Gasteiger charge is 2.12. The van der Waals surface area contributed by atoms with Gasteiger partial charge in [-0.2, -0.15) is 4.98 Å². The predicted octanol–water partition coefficient (Wildman–Crippen LogP) is 3.17. The van der Waals surface area contributed by atoms with E-state index in [9.17, 15) is 4.39 Å². The third kappa shape index (κ3) is 2.46. The molecule has 0 saturated heterocycles. The standard InChI is InChI=1S/C13H8ClFN4O/c14-8-3-7(4-10(16)5-8)13-18-12(19-20-13)11-2-1-9(15)6-17-11/h1-6H,16H2. The van der Waals surface area contributed by atoms with Crippen LogP contribution in [-0.2, 0) is 0 Å². The highest BCUT2D eigenvalue weighted by Crippen LogP contribution is 2.26. The van der Waals surface area contributed by atoms with Crippen molar-refractivity contribution in [2.75, 3.05) is 5.73 Å². The number of nitrogen functional groups attached to an aromatic ring is 1. The Morgan fingerprint density at radius 3 is 2.75 bits per heavy atom. The minimum absolute atomic E-state index is 0.263. The van der Waals surface area contributed by atoms with E-state index in [0.29, 0.717) is 22.0 Å². The number of benzene rings is 1. The van der Waals surface area contributed by atoms with Gasteiger partial charge in [-0.05, 0) is 30.3 Å². The molecule has 2 N–H and O–H groups in total. The Morgan fingerprint density at radius 2 is 2.05 bits per heavy atom. The molecule has 0 atom stereocenters. The molecular formula is C13H8ClFN4O.